The number of thioether (sulfide) groups is 1. The first-order chi connectivity index (χ1) is 8.78. The Bertz CT molecular complexity index is 442. The van der Waals surface area contributed by atoms with Crippen LogP contribution in [-0.2, 0) is 14.3 Å². The van der Waals surface area contributed by atoms with E-state index in [2.05, 4.69) is 4.74 Å². The van der Waals surface area contributed by atoms with Crippen LogP contribution in [0.15, 0.2) is 0 Å². The van der Waals surface area contributed by atoms with Gasteiger partial charge in [-0.05, 0) is 6.92 Å². The second kappa shape index (κ2) is 4.57. The summed E-state index contributed by atoms with van der Waals surface area (Å²) in [6, 6.07) is 0. The summed E-state index contributed by atoms with van der Waals surface area (Å²) in [4.78, 5) is 35.1. The highest BCUT2D eigenvalue weighted by Crippen LogP contribution is 2.50. The van der Waals surface area contributed by atoms with Gasteiger partial charge in [-0.1, -0.05) is 0 Å². The van der Waals surface area contributed by atoms with E-state index in [9.17, 15) is 24.6 Å². The van der Waals surface area contributed by atoms with E-state index < -0.39 is 40.8 Å². The van der Waals surface area contributed by atoms with Crippen LogP contribution in [-0.4, -0.2) is 62.5 Å². The van der Waals surface area contributed by atoms with Gasteiger partial charge in [-0.2, -0.15) is 0 Å². The number of hydrogen-bond donors (Lipinski definition) is 3. The molecule has 106 valence electrons. The molecule has 19 heavy (non-hydrogen) atoms. The molecule has 9 heteroatoms. The summed E-state index contributed by atoms with van der Waals surface area (Å²) in [5.74, 6) is -2.07. The number of nitrogens with zero attached hydrogens (tertiary/aromatic N) is 1. The molecule has 4 atom stereocenters. The van der Waals surface area contributed by atoms with Crippen molar-refractivity contribution in [3.05, 3.63) is 0 Å². The Balaban J connectivity index is 2.15. The van der Waals surface area contributed by atoms with Gasteiger partial charge in [0, 0.05) is 0 Å². The van der Waals surface area contributed by atoms with Gasteiger partial charge in [0.1, 0.15) is 6.61 Å². The number of nitrogens with two attached hydrogens (primary N) is 1. The Morgan fingerprint density at radius 1 is 1.68 bits per heavy atom. The molecule has 0 aliphatic carbocycles. The lowest BCUT2D eigenvalue weighted by atomic mass is 9.92. The Morgan fingerprint density at radius 3 is 2.79 bits per heavy atom. The quantitative estimate of drug-likeness (QED) is 0.555. The number of hydrogen-bond acceptors (Lipinski definition) is 6. The SMILES string of the molecule is C[C@@H](O)[C@H]1C(=O)N2CC(COC(N)=O)(C(=O)O)S[C@H]12. The standard InChI is InChI=1S/C10H14N2O6S/c1-4(13)5-6(14)12-2-10(8(15)16,19-7(5)12)3-18-9(11)17/h4-5,7,13H,2-3H2,1H3,(H2,11,17)(H,15,16)/t4-,5+,7-,10?/m1/s1. The van der Waals surface area contributed by atoms with Crippen LogP contribution in [0.5, 0.6) is 0 Å². The van der Waals surface area contributed by atoms with Crippen LogP contribution in [0.1, 0.15) is 6.92 Å². The number of primary amides is 1. The van der Waals surface area contributed by atoms with E-state index in [1.54, 1.807) is 0 Å². The summed E-state index contributed by atoms with van der Waals surface area (Å²) in [6.45, 7) is 1.02. The highest BCUT2D eigenvalue weighted by molar-refractivity contribution is 8.02. The predicted molar refractivity (Wildman–Crippen MR) is 64.2 cm³/mol. The third-order valence-electron chi connectivity index (χ3n) is 3.31. The highest BCUT2D eigenvalue weighted by atomic mass is 32.2. The number of carbonyl (C=O) groups is 3. The first kappa shape index (κ1) is 13.9. The third kappa shape index (κ3) is 2.12. The third-order valence-corrected chi connectivity index (χ3v) is 4.97. The summed E-state index contributed by atoms with van der Waals surface area (Å²) >= 11 is 1.01. The number of β-lactam (4-membered cyclic amide) rings is 1. The zero-order chi connectivity index (χ0) is 14.4. The number of amides is 2. The first-order valence-electron chi connectivity index (χ1n) is 5.60. The van der Waals surface area contributed by atoms with Gasteiger partial charge in [-0.25, -0.2) is 4.79 Å². The lowest BCUT2D eigenvalue weighted by Gasteiger charge is -2.42. The molecule has 0 bridgehead atoms. The fourth-order valence-corrected chi connectivity index (χ4v) is 3.99. The number of aliphatic carboxylic acids is 1. The molecule has 2 aliphatic rings. The fourth-order valence-electron chi connectivity index (χ4n) is 2.29. The number of rotatable bonds is 4. The molecule has 0 radical (unpaired) electrons. The summed E-state index contributed by atoms with van der Waals surface area (Å²) in [5, 5.41) is 18.4. The van der Waals surface area contributed by atoms with Crippen molar-refractivity contribution in [2.45, 2.75) is 23.1 Å². The number of aliphatic hydroxyl groups excluding tert-OH is 1. The maximum absolute atomic E-state index is 11.8. The molecular weight excluding hydrogens is 276 g/mol. The van der Waals surface area contributed by atoms with Crippen LogP contribution < -0.4 is 5.73 Å². The minimum absolute atomic E-state index is 0.0625. The van der Waals surface area contributed by atoms with Gasteiger partial charge >= 0.3 is 12.1 Å². The number of carbonyl (C=O) groups excluding carboxylic acids is 2. The van der Waals surface area contributed by atoms with Crippen molar-refractivity contribution in [2.75, 3.05) is 13.2 Å². The average Bonchev–Trinajstić information content (AvgIpc) is 2.62. The molecule has 0 aromatic rings. The van der Waals surface area contributed by atoms with Crippen LogP contribution in [0, 0.1) is 5.92 Å². The van der Waals surface area contributed by atoms with Crippen molar-refractivity contribution in [1.29, 1.82) is 0 Å². The predicted octanol–water partition coefficient (Wildman–Crippen LogP) is -1.18. The molecule has 8 nitrogen and oxygen atoms in total. The van der Waals surface area contributed by atoms with E-state index in [1.165, 1.54) is 11.8 Å². The molecule has 2 fully saturated rings. The molecule has 2 heterocycles. The molecule has 2 rings (SSSR count). The van der Waals surface area contributed by atoms with Crippen molar-refractivity contribution in [3.63, 3.8) is 0 Å². The minimum atomic E-state index is -1.42. The fraction of sp³-hybridized carbons (Fsp3) is 0.700. The molecule has 0 spiro atoms. The lowest BCUT2D eigenvalue weighted by molar-refractivity contribution is -0.156. The van der Waals surface area contributed by atoms with E-state index in [0.717, 1.165) is 11.8 Å². The van der Waals surface area contributed by atoms with Gasteiger partial charge in [-0.3, -0.25) is 9.59 Å². The van der Waals surface area contributed by atoms with Crippen LogP contribution in [0.4, 0.5) is 4.79 Å². The molecular formula is C10H14N2O6S. The minimum Gasteiger partial charge on any atom is -0.480 e. The van der Waals surface area contributed by atoms with Gasteiger partial charge in [0.15, 0.2) is 4.75 Å². The zero-order valence-electron chi connectivity index (χ0n) is 10.1. The van der Waals surface area contributed by atoms with Crippen molar-refractivity contribution in [2.24, 2.45) is 11.7 Å². The van der Waals surface area contributed by atoms with E-state index in [1.807, 2.05) is 0 Å². The summed E-state index contributed by atoms with van der Waals surface area (Å²) in [5.41, 5.74) is 4.83. The van der Waals surface area contributed by atoms with Crippen molar-refractivity contribution >= 4 is 29.7 Å². The summed E-state index contributed by atoms with van der Waals surface area (Å²) < 4.78 is 3.16. The Labute approximate surface area is 112 Å². The average molecular weight is 290 g/mol. The number of ether oxygens (including phenoxy) is 1. The molecule has 4 N–H and O–H groups in total. The van der Waals surface area contributed by atoms with Crippen LogP contribution in [0.2, 0.25) is 0 Å². The van der Waals surface area contributed by atoms with Crippen molar-refractivity contribution in [1.82, 2.24) is 4.90 Å². The lowest BCUT2D eigenvalue weighted by Crippen LogP contribution is -2.60. The number of aliphatic hydroxyl groups is 1. The van der Waals surface area contributed by atoms with Crippen LogP contribution in [0.3, 0.4) is 0 Å². The summed E-state index contributed by atoms with van der Waals surface area (Å²) in [7, 11) is 0. The van der Waals surface area contributed by atoms with Gasteiger partial charge in [0.05, 0.1) is 23.9 Å². The second-order valence-corrected chi connectivity index (χ2v) is 6.15. The largest absolute Gasteiger partial charge is 0.480 e. The zero-order valence-corrected chi connectivity index (χ0v) is 10.9. The van der Waals surface area contributed by atoms with Crippen molar-refractivity contribution in [3.8, 4) is 0 Å². The molecule has 0 saturated carbocycles. The normalized spacial score (nSPS) is 34.4. The Hall–Kier alpha value is -1.48. The van der Waals surface area contributed by atoms with E-state index in [4.69, 9.17) is 5.73 Å². The van der Waals surface area contributed by atoms with E-state index in [0.29, 0.717) is 0 Å². The van der Waals surface area contributed by atoms with Gasteiger partial charge in [0.25, 0.3) is 0 Å². The Kier molecular flexibility index (Phi) is 3.35. The van der Waals surface area contributed by atoms with E-state index in [-0.39, 0.29) is 12.5 Å². The molecule has 1 unspecified atom stereocenters. The summed E-state index contributed by atoms with van der Waals surface area (Å²) in [6.07, 6.45) is -1.91. The Morgan fingerprint density at radius 2 is 2.32 bits per heavy atom. The maximum Gasteiger partial charge on any atom is 0.404 e. The molecule has 0 aromatic heterocycles. The van der Waals surface area contributed by atoms with Gasteiger partial charge < -0.3 is 25.6 Å². The number of carboxylic acid groups (broad SMARTS) is 1. The molecule has 0 aromatic carbocycles. The van der Waals surface area contributed by atoms with Crippen LogP contribution >= 0.6 is 11.8 Å². The molecule has 2 amide bonds. The number of fused-ring (bicyclic) bond motifs is 1. The monoisotopic (exact) mass is 290 g/mol. The molecule has 2 saturated heterocycles. The topological polar surface area (TPSA) is 130 Å². The first-order valence-corrected chi connectivity index (χ1v) is 6.48. The number of carboxylic acids is 1. The van der Waals surface area contributed by atoms with Crippen LogP contribution in [0.25, 0.3) is 0 Å². The van der Waals surface area contributed by atoms with Crippen molar-refractivity contribution < 1.29 is 29.3 Å². The van der Waals surface area contributed by atoms with E-state index >= 15 is 0 Å². The maximum atomic E-state index is 11.8. The van der Waals surface area contributed by atoms with Gasteiger partial charge in [0.2, 0.25) is 5.91 Å². The van der Waals surface area contributed by atoms with Gasteiger partial charge in [-0.15, -0.1) is 11.8 Å². The molecule has 2 aliphatic heterocycles. The highest BCUT2D eigenvalue weighted by Gasteiger charge is 2.63. The smallest absolute Gasteiger partial charge is 0.404 e. The second-order valence-electron chi connectivity index (χ2n) is 4.65.